The van der Waals surface area contributed by atoms with Crippen LogP contribution in [-0.2, 0) is 11.2 Å². The molecule has 27 heavy (non-hydrogen) atoms. The first kappa shape index (κ1) is 18.6. The highest BCUT2D eigenvalue weighted by atomic mass is 19.1. The summed E-state index contributed by atoms with van der Waals surface area (Å²) in [6.45, 7) is 2.50. The minimum absolute atomic E-state index is 0.0389. The van der Waals surface area contributed by atoms with Gasteiger partial charge in [0.1, 0.15) is 11.9 Å². The molecule has 1 fully saturated rings. The Morgan fingerprint density at radius 3 is 2.89 bits per heavy atom. The fourth-order valence-electron chi connectivity index (χ4n) is 3.22. The van der Waals surface area contributed by atoms with Gasteiger partial charge < -0.3 is 14.5 Å². The Morgan fingerprint density at radius 2 is 2.15 bits per heavy atom. The van der Waals surface area contributed by atoms with Gasteiger partial charge in [-0.2, -0.15) is 5.26 Å². The number of nitrogens with zero attached hydrogens (tertiary/aromatic N) is 4. The number of ether oxygens (including phenoxy) is 1. The van der Waals surface area contributed by atoms with Gasteiger partial charge in [0, 0.05) is 32.4 Å². The van der Waals surface area contributed by atoms with E-state index in [9.17, 15) is 14.4 Å². The van der Waals surface area contributed by atoms with Crippen LogP contribution in [-0.4, -0.2) is 49.1 Å². The minimum Gasteiger partial charge on any atom is -0.494 e. The van der Waals surface area contributed by atoms with Gasteiger partial charge in [-0.05, 0) is 36.2 Å². The average molecular weight is 368 g/mol. The predicted molar refractivity (Wildman–Crippen MR) is 99.0 cm³/mol. The van der Waals surface area contributed by atoms with Crippen LogP contribution in [0.3, 0.4) is 0 Å². The van der Waals surface area contributed by atoms with E-state index in [0.717, 1.165) is 13.0 Å². The SMILES string of the molecule is COc1ccc(CC(=O)N2CCCN(c3ncccc3C#N)CC2)cc1F. The largest absolute Gasteiger partial charge is 0.494 e. The van der Waals surface area contributed by atoms with Gasteiger partial charge in [0.05, 0.1) is 19.1 Å². The molecule has 1 amide bonds. The highest BCUT2D eigenvalue weighted by Gasteiger charge is 2.21. The first-order chi connectivity index (χ1) is 13.1. The zero-order valence-corrected chi connectivity index (χ0v) is 15.2. The number of halogens is 1. The van der Waals surface area contributed by atoms with Crippen molar-refractivity contribution in [1.82, 2.24) is 9.88 Å². The van der Waals surface area contributed by atoms with Gasteiger partial charge in [0.2, 0.25) is 5.91 Å². The number of pyridine rings is 1. The zero-order valence-electron chi connectivity index (χ0n) is 15.2. The summed E-state index contributed by atoms with van der Waals surface area (Å²) < 4.78 is 18.7. The maximum atomic E-state index is 13.8. The Hall–Kier alpha value is -3.14. The molecule has 6 nitrogen and oxygen atoms in total. The lowest BCUT2D eigenvalue weighted by Crippen LogP contribution is -2.36. The monoisotopic (exact) mass is 368 g/mol. The highest BCUT2D eigenvalue weighted by molar-refractivity contribution is 5.79. The minimum atomic E-state index is -0.468. The van der Waals surface area contributed by atoms with Crippen molar-refractivity contribution in [2.45, 2.75) is 12.8 Å². The molecule has 0 aliphatic carbocycles. The number of rotatable bonds is 4. The van der Waals surface area contributed by atoms with E-state index in [0.29, 0.717) is 36.6 Å². The molecule has 2 aromatic rings. The summed E-state index contributed by atoms with van der Waals surface area (Å²) >= 11 is 0. The molecule has 0 saturated carbocycles. The molecule has 1 aromatic heterocycles. The van der Waals surface area contributed by atoms with E-state index >= 15 is 0 Å². The molecule has 2 heterocycles. The number of hydrogen-bond acceptors (Lipinski definition) is 5. The summed E-state index contributed by atoms with van der Waals surface area (Å²) in [5.41, 5.74) is 1.15. The van der Waals surface area contributed by atoms with Crippen molar-refractivity contribution in [2.75, 3.05) is 38.2 Å². The number of carbonyl (C=O) groups is 1. The number of nitriles is 1. The maximum Gasteiger partial charge on any atom is 0.227 e. The number of methoxy groups -OCH3 is 1. The molecule has 0 atom stereocenters. The third-order valence-electron chi connectivity index (χ3n) is 4.63. The van der Waals surface area contributed by atoms with Crippen LogP contribution in [0, 0.1) is 17.1 Å². The first-order valence-corrected chi connectivity index (χ1v) is 8.82. The van der Waals surface area contributed by atoms with E-state index in [1.165, 1.54) is 19.2 Å². The van der Waals surface area contributed by atoms with E-state index < -0.39 is 5.82 Å². The van der Waals surface area contributed by atoms with Gasteiger partial charge in [0.25, 0.3) is 0 Å². The van der Waals surface area contributed by atoms with Gasteiger partial charge >= 0.3 is 0 Å². The lowest BCUT2D eigenvalue weighted by atomic mass is 10.1. The van der Waals surface area contributed by atoms with E-state index in [1.54, 1.807) is 29.3 Å². The molecule has 1 aliphatic rings. The second-order valence-corrected chi connectivity index (χ2v) is 6.35. The second-order valence-electron chi connectivity index (χ2n) is 6.35. The molecule has 1 aliphatic heterocycles. The molecule has 0 unspecified atom stereocenters. The number of hydrogen-bond donors (Lipinski definition) is 0. The molecule has 1 saturated heterocycles. The number of carbonyl (C=O) groups excluding carboxylic acids is 1. The van der Waals surface area contributed by atoms with Gasteiger partial charge in [-0.25, -0.2) is 9.37 Å². The molecule has 0 radical (unpaired) electrons. The van der Waals surface area contributed by atoms with Crippen LogP contribution >= 0.6 is 0 Å². The van der Waals surface area contributed by atoms with E-state index in [-0.39, 0.29) is 18.1 Å². The summed E-state index contributed by atoms with van der Waals surface area (Å²) in [5.74, 6) is 0.318. The molecule has 0 bridgehead atoms. The van der Waals surface area contributed by atoms with Crippen molar-refractivity contribution in [3.05, 3.63) is 53.5 Å². The number of anilines is 1. The Bertz CT molecular complexity index is 865. The topological polar surface area (TPSA) is 69.5 Å². The Kier molecular flexibility index (Phi) is 5.87. The smallest absolute Gasteiger partial charge is 0.227 e. The Labute approximate surface area is 157 Å². The van der Waals surface area contributed by atoms with Crippen LogP contribution in [0.15, 0.2) is 36.5 Å². The van der Waals surface area contributed by atoms with Crippen LogP contribution in [0.4, 0.5) is 10.2 Å². The lowest BCUT2D eigenvalue weighted by molar-refractivity contribution is -0.130. The molecule has 7 heteroatoms. The summed E-state index contributed by atoms with van der Waals surface area (Å²) in [5, 5.41) is 9.26. The predicted octanol–water partition coefficient (Wildman–Crippen LogP) is 2.38. The maximum absolute atomic E-state index is 13.8. The molecule has 0 N–H and O–H groups in total. The normalized spacial score (nSPS) is 14.4. The van der Waals surface area contributed by atoms with Crippen molar-refractivity contribution in [3.63, 3.8) is 0 Å². The van der Waals surface area contributed by atoms with Gasteiger partial charge in [-0.15, -0.1) is 0 Å². The van der Waals surface area contributed by atoms with E-state index in [2.05, 4.69) is 11.1 Å². The molecule has 1 aromatic carbocycles. The summed E-state index contributed by atoms with van der Waals surface area (Å²) in [7, 11) is 1.41. The second kappa shape index (κ2) is 8.49. The lowest BCUT2D eigenvalue weighted by Gasteiger charge is -2.23. The Balaban J connectivity index is 1.64. The van der Waals surface area contributed by atoms with Crippen LogP contribution in [0.1, 0.15) is 17.5 Å². The number of amides is 1. The van der Waals surface area contributed by atoms with Crippen molar-refractivity contribution in [1.29, 1.82) is 5.26 Å². The van der Waals surface area contributed by atoms with Crippen LogP contribution in [0.25, 0.3) is 0 Å². The van der Waals surface area contributed by atoms with Gasteiger partial charge in [-0.3, -0.25) is 4.79 Å². The molecule has 3 rings (SSSR count). The fourth-order valence-corrected chi connectivity index (χ4v) is 3.22. The molecular formula is C20H21FN4O2. The number of aromatic nitrogens is 1. The highest BCUT2D eigenvalue weighted by Crippen LogP contribution is 2.20. The average Bonchev–Trinajstić information content (AvgIpc) is 2.94. The third kappa shape index (κ3) is 4.34. The summed E-state index contributed by atoms with van der Waals surface area (Å²) in [6.07, 6.45) is 2.60. The zero-order chi connectivity index (χ0) is 19.2. The molecular weight excluding hydrogens is 347 g/mol. The van der Waals surface area contributed by atoms with Gasteiger partial charge in [0.15, 0.2) is 11.6 Å². The van der Waals surface area contributed by atoms with Crippen molar-refractivity contribution in [3.8, 4) is 11.8 Å². The van der Waals surface area contributed by atoms with Crippen molar-refractivity contribution < 1.29 is 13.9 Å². The number of benzene rings is 1. The van der Waals surface area contributed by atoms with Crippen LogP contribution in [0.5, 0.6) is 5.75 Å². The first-order valence-electron chi connectivity index (χ1n) is 8.82. The van der Waals surface area contributed by atoms with Crippen LogP contribution in [0.2, 0.25) is 0 Å². The van der Waals surface area contributed by atoms with Gasteiger partial charge in [-0.1, -0.05) is 6.07 Å². The standard InChI is InChI=1S/C20H21FN4O2/c1-27-18-6-5-15(12-17(18)21)13-19(26)24-8-3-9-25(11-10-24)20-16(14-22)4-2-7-23-20/h2,4-7,12H,3,8-11,13H2,1H3. The summed E-state index contributed by atoms with van der Waals surface area (Å²) in [4.78, 5) is 20.8. The van der Waals surface area contributed by atoms with Crippen molar-refractivity contribution in [2.24, 2.45) is 0 Å². The summed E-state index contributed by atoms with van der Waals surface area (Å²) in [6, 6.07) is 10.2. The van der Waals surface area contributed by atoms with Crippen molar-refractivity contribution >= 4 is 11.7 Å². The quantitative estimate of drug-likeness (QED) is 0.829. The molecule has 0 spiro atoms. The fraction of sp³-hybridized carbons (Fsp3) is 0.350. The van der Waals surface area contributed by atoms with E-state index in [1.807, 2.05) is 4.90 Å². The third-order valence-corrected chi connectivity index (χ3v) is 4.63. The Morgan fingerprint density at radius 1 is 1.30 bits per heavy atom. The molecule has 140 valence electrons. The van der Waals surface area contributed by atoms with Crippen LogP contribution < -0.4 is 9.64 Å². The van der Waals surface area contributed by atoms with E-state index in [4.69, 9.17) is 4.74 Å².